The standard InChI is InChI=1S/C73H50N2Si/c1-6-23-53(24-7-1)73(54-25-8-2-9-26-54)67-38-19-16-35-61(67)62-44-41-51(47-68(62)73)52-42-45-65-63-36-17-21-40-70(63)75(71(65)48-52)56-43-46-66-64-37-18-20-39-69(64)74(72(66)50-56)55-27-22-34-60(49-55)76(57-28-10-3-11-29-57,58-30-12-4-13-31-58)59-32-14-5-15-33-59/h1-50H. The van der Waals surface area contributed by atoms with E-state index in [2.05, 4.69) is 312 Å². The van der Waals surface area contributed by atoms with E-state index in [0.29, 0.717) is 0 Å². The molecule has 0 atom stereocenters. The van der Waals surface area contributed by atoms with Crippen LogP contribution in [0.15, 0.2) is 303 Å². The Bertz CT molecular complexity index is 4360. The summed E-state index contributed by atoms with van der Waals surface area (Å²) in [6, 6.07) is 113. The Morgan fingerprint density at radius 1 is 0.250 bits per heavy atom. The molecule has 0 bridgehead atoms. The molecule has 0 saturated carbocycles. The minimum absolute atomic E-state index is 0.481. The number of para-hydroxylation sites is 2. The van der Waals surface area contributed by atoms with E-state index >= 15 is 0 Å². The van der Waals surface area contributed by atoms with Crippen molar-refractivity contribution in [2.75, 3.05) is 0 Å². The van der Waals surface area contributed by atoms with E-state index in [1.54, 1.807) is 0 Å². The Morgan fingerprint density at radius 3 is 1.26 bits per heavy atom. The van der Waals surface area contributed by atoms with Crippen LogP contribution < -0.4 is 20.7 Å². The molecule has 3 heteroatoms. The zero-order chi connectivity index (χ0) is 50.2. The van der Waals surface area contributed by atoms with Gasteiger partial charge in [0.1, 0.15) is 0 Å². The predicted octanol–water partition coefficient (Wildman–Crippen LogP) is 15.3. The van der Waals surface area contributed by atoms with E-state index in [0.717, 1.165) is 11.4 Å². The Balaban J connectivity index is 0.933. The van der Waals surface area contributed by atoms with Crippen LogP contribution >= 0.6 is 0 Å². The third-order valence-corrected chi connectivity index (χ3v) is 21.3. The molecule has 12 aromatic carbocycles. The van der Waals surface area contributed by atoms with Gasteiger partial charge in [-0.2, -0.15) is 0 Å². The molecule has 0 unspecified atom stereocenters. The first-order valence-corrected chi connectivity index (χ1v) is 28.4. The summed E-state index contributed by atoms with van der Waals surface area (Å²) in [5.74, 6) is 0. The zero-order valence-electron chi connectivity index (χ0n) is 41.8. The van der Waals surface area contributed by atoms with Gasteiger partial charge in [-0.15, -0.1) is 0 Å². The molecule has 1 aliphatic rings. The van der Waals surface area contributed by atoms with Gasteiger partial charge in [0, 0.05) is 32.9 Å². The van der Waals surface area contributed by atoms with Crippen molar-refractivity contribution in [2.24, 2.45) is 0 Å². The molecule has 76 heavy (non-hydrogen) atoms. The van der Waals surface area contributed by atoms with Gasteiger partial charge in [-0.25, -0.2) is 0 Å². The van der Waals surface area contributed by atoms with Crippen LogP contribution in [0, 0.1) is 0 Å². The number of rotatable bonds is 9. The molecular weight excluding hydrogens is 933 g/mol. The summed E-state index contributed by atoms with van der Waals surface area (Å²) in [7, 11) is -2.81. The molecule has 14 aromatic rings. The van der Waals surface area contributed by atoms with Crippen LogP contribution in [-0.4, -0.2) is 17.2 Å². The van der Waals surface area contributed by atoms with E-state index in [1.807, 2.05) is 0 Å². The molecule has 0 aliphatic heterocycles. The number of hydrogen-bond acceptors (Lipinski definition) is 0. The van der Waals surface area contributed by atoms with E-state index in [1.165, 1.54) is 109 Å². The second-order valence-corrected chi connectivity index (χ2v) is 24.1. The number of nitrogens with zero attached hydrogens (tertiary/aromatic N) is 2. The average molecular weight is 983 g/mol. The van der Waals surface area contributed by atoms with E-state index in [4.69, 9.17) is 0 Å². The fourth-order valence-corrected chi connectivity index (χ4v) is 18.2. The molecule has 0 fully saturated rings. The molecule has 0 N–H and O–H groups in total. The van der Waals surface area contributed by atoms with Crippen LogP contribution in [0.2, 0.25) is 0 Å². The molecule has 0 amide bonds. The summed E-state index contributed by atoms with van der Waals surface area (Å²) in [6.07, 6.45) is 0. The minimum atomic E-state index is -2.81. The Hall–Kier alpha value is -9.54. The minimum Gasteiger partial charge on any atom is -0.309 e. The normalized spacial score (nSPS) is 12.8. The Labute approximate surface area is 443 Å². The maximum Gasteiger partial charge on any atom is 0.179 e. The molecule has 15 rings (SSSR count). The number of aromatic nitrogens is 2. The molecule has 356 valence electrons. The zero-order valence-corrected chi connectivity index (χ0v) is 42.8. The van der Waals surface area contributed by atoms with Crippen LogP contribution in [0.25, 0.3) is 77.2 Å². The molecule has 2 aromatic heterocycles. The average Bonchev–Trinajstić information content (AvgIpc) is 4.19. The first-order valence-electron chi connectivity index (χ1n) is 26.4. The lowest BCUT2D eigenvalue weighted by atomic mass is 9.67. The topological polar surface area (TPSA) is 9.86 Å². The predicted molar refractivity (Wildman–Crippen MR) is 321 cm³/mol. The van der Waals surface area contributed by atoms with Gasteiger partial charge in [-0.3, -0.25) is 0 Å². The second kappa shape index (κ2) is 17.6. The van der Waals surface area contributed by atoms with Gasteiger partial charge in [-0.1, -0.05) is 255 Å². The van der Waals surface area contributed by atoms with Crippen molar-refractivity contribution in [1.29, 1.82) is 0 Å². The summed E-state index contributed by atoms with van der Waals surface area (Å²) < 4.78 is 5.00. The maximum absolute atomic E-state index is 2.81. The highest BCUT2D eigenvalue weighted by atomic mass is 28.3. The van der Waals surface area contributed by atoms with Crippen molar-refractivity contribution in [1.82, 2.24) is 9.13 Å². The van der Waals surface area contributed by atoms with Crippen LogP contribution in [0.5, 0.6) is 0 Å². The fraction of sp³-hybridized carbons (Fsp3) is 0.0137. The van der Waals surface area contributed by atoms with Gasteiger partial charge in [0.25, 0.3) is 0 Å². The third kappa shape index (κ3) is 6.46. The fourth-order valence-electron chi connectivity index (χ4n) is 13.4. The van der Waals surface area contributed by atoms with Gasteiger partial charge in [0.05, 0.1) is 27.5 Å². The van der Waals surface area contributed by atoms with Crippen molar-refractivity contribution >= 4 is 72.4 Å². The van der Waals surface area contributed by atoms with Crippen LogP contribution in [0.4, 0.5) is 0 Å². The van der Waals surface area contributed by atoms with Crippen molar-refractivity contribution in [2.45, 2.75) is 5.41 Å². The highest BCUT2D eigenvalue weighted by Gasteiger charge is 2.46. The van der Waals surface area contributed by atoms with Crippen molar-refractivity contribution in [3.63, 3.8) is 0 Å². The van der Waals surface area contributed by atoms with Crippen LogP contribution in [-0.2, 0) is 5.41 Å². The summed E-state index contributed by atoms with van der Waals surface area (Å²) >= 11 is 0. The van der Waals surface area contributed by atoms with Crippen molar-refractivity contribution in [3.8, 4) is 33.6 Å². The van der Waals surface area contributed by atoms with E-state index < -0.39 is 13.5 Å². The number of fused-ring (bicyclic) bond motifs is 9. The smallest absolute Gasteiger partial charge is 0.179 e. The highest BCUT2D eigenvalue weighted by molar-refractivity contribution is 7.19. The van der Waals surface area contributed by atoms with Gasteiger partial charge in [0.15, 0.2) is 8.07 Å². The summed E-state index contributed by atoms with van der Waals surface area (Å²) in [6.45, 7) is 0. The first kappa shape index (κ1) is 44.0. The molecule has 2 nitrogen and oxygen atoms in total. The van der Waals surface area contributed by atoms with Crippen LogP contribution in [0.1, 0.15) is 22.3 Å². The molecule has 0 spiro atoms. The number of benzene rings is 12. The van der Waals surface area contributed by atoms with Crippen LogP contribution in [0.3, 0.4) is 0 Å². The lowest BCUT2D eigenvalue weighted by Crippen LogP contribution is -2.74. The maximum atomic E-state index is 2.51. The largest absolute Gasteiger partial charge is 0.309 e. The highest BCUT2D eigenvalue weighted by Crippen LogP contribution is 2.57. The monoisotopic (exact) mass is 982 g/mol. The van der Waals surface area contributed by atoms with E-state index in [9.17, 15) is 0 Å². The number of hydrogen-bond donors (Lipinski definition) is 0. The summed E-state index contributed by atoms with van der Waals surface area (Å²) in [5, 5.41) is 10.3. The molecule has 1 aliphatic carbocycles. The van der Waals surface area contributed by atoms with Gasteiger partial charge < -0.3 is 9.13 Å². The molecule has 2 heterocycles. The van der Waals surface area contributed by atoms with Crippen molar-refractivity contribution < 1.29 is 0 Å². The lowest BCUT2D eigenvalue weighted by Gasteiger charge is -2.34. The second-order valence-electron chi connectivity index (χ2n) is 20.3. The lowest BCUT2D eigenvalue weighted by molar-refractivity contribution is 0.769. The summed E-state index contributed by atoms with van der Waals surface area (Å²) in [5.41, 5.74) is 16.6. The third-order valence-electron chi connectivity index (χ3n) is 16.5. The van der Waals surface area contributed by atoms with Gasteiger partial charge in [0.2, 0.25) is 0 Å². The molecular formula is C73H50N2Si. The Morgan fingerprint density at radius 2 is 0.671 bits per heavy atom. The van der Waals surface area contributed by atoms with E-state index in [-0.39, 0.29) is 0 Å². The first-order chi connectivity index (χ1) is 37.7. The SMILES string of the molecule is c1ccc(C2(c3ccccc3)c3ccccc3-c3ccc(-c4ccc5c6ccccc6n(-c6ccc7c8ccccc8n(-c8cccc([Si](c9ccccc9)(c9ccccc9)c9ccccc9)c8)c7c6)c5c4)cc32)cc1. The molecule has 0 saturated heterocycles. The summed E-state index contributed by atoms with van der Waals surface area (Å²) in [4.78, 5) is 0. The molecule has 0 radical (unpaired) electrons. The van der Waals surface area contributed by atoms with Gasteiger partial charge in [-0.05, 0) is 114 Å². The van der Waals surface area contributed by atoms with Gasteiger partial charge >= 0.3 is 0 Å². The quantitative estimate of drug-likeness (QED) is 0.101. The van der Waals surface area contributed by atoms with Crippen molar-refractivity contribution in [3.05, 3.63) is 326 Å². The Kier molecular flexibility index (Phi) is 10.2.